The average Bonchev–Trinajstić information content (AvgIpc) is 2.48. The van der Waals surface area contributed by atoms with E-state index in [1.54, 1.807) is 6.20 Å². The summed E-state index contributed by atoms with van der Waals surface area (Å²) in [5.41, 5.74) is -0.155. The first-order valence-corrected chi connectivity index (χ1v) is 8.59. The zero-order chi connectivity index (χ0) is 16.3. The Morgan fingerprint density at radius 2 is 2.13 bits per heavy atom. The second-order valence-corrected chi connectivity index (χ2v) is 6.87. The van der Waals surface area contributed by atoms with Crippen LogP contribution >= 0.6 is 0 Å². The summed E-state index contributed by atoms with van der Waals surface area (Å²) in [5.74, 6) is 0.808. The number of nitrogens with zero attached hydrogens (tertiary/aromatic N) is 3. The van der Waals surface area contributed by atoms with Crippen LogP contribution in [0.2, 0.25) is 0 Å². The third-order valence-electron chi connectivity index (χ3n) is 4.89. The van der Waals surface area contributed by atoms with Crippen LogP contribution < -0.4 is 10.1 Å². The molecular formula is C17H26N4O2. The summed E-state index contributed by atoms with van der Waals surface area (Å²) in [7, 11) is 0. The van der Waals surface area contributed by atoms with E-state index in [9.17, 15) is 4.79 Å². The van der Waals surface area contributed by atoms with Crippen LogP contribution in [-0.4, -0.2) is 51.9 Å². The quantitative estimate of drug-likeness (QED) is 0.812. The van der Waals surface area contributed by atoms with Gasteiger partial charge in [0.15, 0.2) is 0 Å². The minimum absolute atomic E-state index is 0.0653. The number of rotatable bonds is 6. The van der Waals surface area contributed by atoms with Gasteiger partial charge in [0, 0.05) is 25.3 Å². The number of ether oxygens (including phenoxy) is 1. The predicted molar refractivity (Wildman–Crippen MR) is 88.7 cm³/mol. The molecule has 2 aliphatic rings. The Labute approximate surface area is 137 Å². The van der Waals surface area contributed by atoms with Crippen LogP contribution in [0, 0.1) is 0 Å². The van der Waals surface area contributed by atoms with Gasteiger partial charge in [-0.05, 0) is 52.0 Å². The zero-order valence-corrected chi connectivity index (χ0v) is 14.0. The van der Waals surface area contributed by atoms with Crippen LogP contribution in [0.3, 0.4) is 0 Å². The largest absolute Gasteiger partial charge is 0.461 e. The van der Waals surface area contributed by atoms with Crippen molar-refractivity contribution in [3.05, 3.63) is 12.3 Å². The number of hydrogen-bond donors (Lipinski definition) is 1. The van der Waals surface area contributed by atoms with Crippen LogP contribution in [0.5, 0.6) is 6.01 Å². The van der Waals surface area contributed by atoms with E-state index in [0.717, 1.165) is 44.6 Å². The second kappa shape index (κ2) is 6.83. The summed E-state index contributed by atoms with van der Waals surface area (Å²) in [6.45, 7) is 5.86. The van der Waals surface area contributed by atoms with E-state index in [4.69, 9.17) is 4.74 Å². The molecule has 0 radical (unpaired) electrons. The number of anilines is 1. The van der Waals surface area contributed by atoms with Crippen molar-refractivity contribution in [2.24, 2.45) is 0 Å². The van der Waals surface area contributed by atoms with E-state index < -0.39 is 0 Å². The monoisotopic (exact) mass is 318 g/mol. The van der Waals surface area contributed by atoms with Gasteiger partial charge in [-0.3, -0.25) is 4.90 Å². The zero-order valence-electron chi connectivity index (χ0n) is 14.0. The highest BCUT2D eigenvalue weighted by atomic mass is 16.5. The molecule has 1 aliphatic carbocycles. The van der Waals surface area contributed by atoms with E-state index in [-0.39, 0.29) is 11.6 Å². The summed E-state index contributed by atoms with van der Waals surface area (Å²) < 4.78 is 5.53. The second-order valence-electron chi connectivity index (χ2n) is 6.87. The lowest BCUT2D eigenvalue weighted by Gasteiger charge is -2.49. The molecule has 1 saturated heterocycles. The Morgan fingerprint density at radius 1 is 1.39 bits per heavy atom. The van der Waals surface area contributed by atoms with Crippen molar-refractivity contribution in [2.45, 2.75) is 63.6 Å². The fourth-order valence-electron chi connectivity index (χ4n) is 3.41. The molecule has 0 unspecified atom stereocenters. The van der Waals surface area contributed by atoms with Gasteiger partial charge in [-0.25, -0.2) is 4.98 Å². The van der Waals surface area contributed by atoms with E-state index in [1.165, 1.54) is 12.7 Å². The van der Waals surface area contributed by atoms with Crippen molar-refractivity contribution >= 4 is 12.1 Å². The molecule has 0 aromatic carbocycles. The number of piperidine rings is 1. The predicted octanol–water partition coefficient (Wildman–Crippen LogP) is 2.26. The molecule has 1 N–H and O–H groups in total. The number of hydrogen-bond acceptors (Lipinski definition) is 6. The maximum Gasteiger partial charge on any atom is 0.318 e. The molecule has 23 heavy (non-hydrogen) atoms. The average molecular weight is 318 g/mol. The Hall–Kier alpha value is -1.69. The lowest BCUT2D eigenvalue weighted by atomic mass is 9.75. The molecule has 126 valence electrons. The molecule has 0 amide bonds. The molecule has 0 spiro atoms. The molecule has 6 nitrogen and oxygen atoms in total. The molecule has 1 aromatic heterocycles. The molecule has 0 atom stereocenters. The lowest BCUT2D eigenvalue weighted by Crippen LogP contribution is -2.58. The van der Waals surface area contributed by atoms with Gasteiger partial charge in [0.2, 0.25) is 0 Å². The number of likely N-dealkylation sites (tertiary alicyclic amines) is 1. The summed E-state index contributed by atoms with van der Waals surface area (Å²) in [5, 5.41) is 3.47. The fourth-order valence-corrected chi connectivity index (χ4v) is 3.41. The minimum atomic E-state index is -0.155. The third-order valence-corrected chi connectivity index (χ3v) is 4.89. The van der Waals surface area contributed by atoms with E-state index in [0.29, 0.717) is 12.1 Å². The van der Waals surface area contributed by atoms with Crippen LogP contribution in [0.4, 0.5) is 5.82 Å². The topological polar surface area (TPSA) is 67.3 Å². The van der Waals surface area contributed by atoms with Gasteiger partial charge < -0.3 is 14.8 Å². The van der Waals surface area contributed by atoms with E-state index >= 15 is 0 Å². The Morgan fingerprint density at radius 3 is 2.70 bits per heavy atom. The molecule has 2 heterocycles. The van der Waals surface area contributed by atoms with Gasteiger partial charge in [-0.1, -0.05) is 0 Å². The number of carbonyl (C=O) groups is 1. The van der Waals surface area contributed by atoms with Crippen molar-refractivity contribution < 1.29 is 9.53 Å². The number of nitrogens with one attached hydrogen (secondary N) is 1. The maximum absolute atomic E-state index is 11.4. The summed E-state index contributed by atoms with van der Waals surface area (Å²) in [6, 6.07) is 2.67. The first-order valence-electron chi connectivity index (χ1n) is 8.59. The van der Waals surface area contributed by atoms with Gasteiger partial charge in [0.05, 0.1) is 11.6 Å². The van der Waals surface area contributed by atoms with Gasteiger partial charge in [-0.15, -0.1) is 0 Å². The lowest BCUT2D eigenvalue weighted by molar-refractivity contribution is -0.125. The van der Waals surface area contributed by atoms with Crippen molar-refractivity contribution in [2.75, 3.05) is 18.4 Å². The molecule has 2 fully saturated rings. The number of aromatic nitrogens is 2. The fraction of sp³-hybridized carbons (Fsp3) is 0.706. The van der Waals surface area contributed by atoms with Gasteiger partial charge in [0.1, 0.15) is 12.1 Å². The number of aldehydes is 1. The minimum Gasteiger partial charge on any atom is -0.461 e. The van der Waals surface area contributed by atoms with E-state index in [2.05, 4.69) is 20.2 Å². The molecule has 0 bridgehead atoms. The van der Waals surface area contributed by atoms with Crippen LogP contribution in [-0.2, 0) is 4.79 Å². The summed E-state index contributed by atoms with van der Waals surface area (Å²) >= 11 is 0. The maximum atomic E-state index is 11.4. The smallest absolute Gasteiger partial charge is 0.318 e. The Balaban J connectivity index is 1.53. The number of carbonyl (C=O) groups excluding carboxylic acids is 1. The first kappa shape index (κ1) is 16.2. The van der Waals surface area contributed by atoms with Gasteiger partial charge in [-0.2, -0.15) is 4.98 Å². The highest BCUT2D eigenvalue weighted by Crippen LogP contribution is 2.37. The SMILES string of the molecule is CC(C)Oc1nccc(NC2CCN(C3(C=O)CCC3)CC2)n1. The highest BCUT2D eigenvalue weighted by molar-refractivity contribution is 5.66. The van der Waals surface area contributed by atoms with Crippen LogP contribution in [0.25, 0.3) is 0 Å². The Kier molecular flexibility index (Phi) is 4.80. The summed E-state index contributed by atoms with van der Waals surface area (Å²) in [4.78, 5) is 22.3. The van der Waals surface area contributed by atoms with Crippen LogP contribution in [0.1, 0.15) is 46.0 Å². The Bertz CT molecular complexity index is 537. The molecule has 1 aromatic rings. The van der Waals surface area contributed by atoms with Crippen molar-refractivity contribution in [1.82, 2.24) is 14.9 Å². The van der Waals surface area contributed by atoms with Crippen molar-refractivity contribution in [3.63, 3.8) is 0 Å². The van der Waals surface area contributed by atoms with E-state index in [1.807, 2.05) is 19.9 Å². The van der Waals surface area contributed by atoms with Gasteiger partial charge in [0.25, 0.3) is 0 Å². The standard InChI is InChI=1S/C17H26N4O2/c1-13(2)23-16-18-9-4-15(20-16)19-14-5-10-21(11-6-14)17(12-22)7-3-8-17/h4,9,12-14H,3,5-8,10-11H2,1-2H3,(H,18,19,20). The third kappa shape index (κ3) is 3.63. The summed E-state index contributed by atoms with van der Waals surface area (Å²) in [6.07, 6.45) is 8.24. The highest BCUT2D eigenvalue weighted by Gasteiger charge is 2.43. The molecule has 3 rings (SSSR count). The van der Waals surface area contributed by atoms with Crippen LogP contribution in [0.15, 0.2) is 12.3 Å². The van der Waals surface area contributed by atoms with Gasteiger partial charge >= 0.3 is 6.01 Å². The molecular weight excluding hydrogens is 292 g/mol. The first-order chi connectivity index (χ1) is 11.1. The van der Waals surface area contributed by atoms with Crippen molar-refractivity contribution in [3.8, 4) is 6.01 Å². The molecule has 1 saturated carbocycles. The molecule has 1 aliphatic heterocycles. The molecule has 6 heteroatoms. The normalized spacial score (nSPS) is 21.7. The van der Waals surface area contributed by atoms with Crippen molar-refractivity contribution in [1.29, 1.82) is 0 Å².